The van der Waals surface area contributed by atoms with Crippen LogP contribution in [0.1, 0.15) is 26.7 Å². The molecule has 0 aromatic heterocycles. The van der Waals surface area contributed by atoms with E-state index in [9.17, 15) is 14.4 Å². The average Bonchev–Trinajstić information content (AvgIpc) is 2.67. The van der Waals surface area contributed by atoms with E-state index in [0.717, 1.165) is 0 Å². The third kappa shape index (κ3) is 6.43. The van der Waals surface area contributed by atoms with Crippen molar-refractivity contribution in [1.29, 1.82) is 0 Å². The lowest BCUT2D eigenvalue weighted by atomic mass is 9.97. The van der Waals surface area contributed by atoms with Gasteiger partial charge >= 0.3 is 11.9 Å². The fourth-order valence-corrected chi connectivity index (χ4v) is 2.86. The molecule has 0 radical (unpaired) electrons. The summed E-state index contributed by atoms with van der Waals surface area (Å²) in [6, 6.07) is 6.59. The number of hydrogen-bond donors (Lipinski definition) is 0. The Morgan fingerprint density at radius 3 is 2.37 bits per heavy atom. The van der Waals surface area contributed by atoms with Crippen LogP contribution in [0.5, 0.6) is 5.75 Å². The fourth-order valence-electron chi connectivity index (χ4n) is 2.73. The summed E-state index contributed by atoms with van der Waals surface area (Å²) in [5.74, 6) is -0.825. The van der Waals surface area contributed by atoms with Gasteiger partial charge in [-0.15, -0.1) is 0 Å². The summed E-state index contributed by atoms with van der Waals surface area (Å²) in [4.78, 5) is 37.5. The van der Waals surface area contributed by atoms with Gasteiger partial charge in [-0.1, -0.05) is 11.6 Å². The monoisotopic (exact) mass is 397 g/mol. The molecule has 0 spiro atoms. The number of rotatable bonds is 7. The lowest BCUT2D eigenvalue weighted by Gasteiger charge is -2.30. The van der Waals surface area contributed by atoms with Crippen molar-refractivity contribution >= 4 is 29.4 Å². The maximum Gasteiger partial charge on any atom is 0.347 e. The van der Waals surface area contributed by atoms with Crippen LogP contribution in [0, 0.1) is 5.92 Å². The van der Waals surface area contributed by atoms with E-state index >= 15 is 0 Å². The third-order valence-electron chi connectivity index (χ3n) is 4.26. The maximum atomic E-state index is 12.2. The molecule has 1 fully saturated rings. The molecule has 1 aliphatic heterocycles. The summed E-state index contributed by atoms with van der Waals surface area (Å²) < 4.78 is 15.5. The van der Waals surface area contributed by atoms with Gasteiger partial charge in [0.15, 0.2) is 12.7 Å². The molecule has 0 saturated carbocycles. The fraction of sp³-hybridized carbons (Fsp3) is 0.526. The molecule has 8 heteroatoms. The molecule has 7 nitrogen and oxygen atoms in total. The number of carbonyl (C=O) groups is 3. The predicted octanol–water partition coefficient (Wildman–Crippen LogP) is 2.45. The molecule has 1 saturated heterocycles. The number of halogens is 1. The van der Waals surface area contributed by atoms with Crippen LogP contribution in [0.2, 0.25) is 5.02 Å². The van der Waals surface area contributed by atoms with Crippen LogP contribution < -0.4 is 4.74 Å². The highest BCUT2D eigenvalue weighted by molar-refractivity contribution is 6.30. The van der Waals surface area contributed by atoms with Crippen molar-refractivity contribution in [1.82, 2.24) is 4.90 Å². The van der Waals surface area contributed by atoms with E-state index < -0.39 is 12.1 Å². The van der Waals surface area contributed by atoms with Crippen LogP contribution in [-0.2, 0) is 23.9 Å². The van der Waals surface area contributed by atoms with Gasteiger partial charge in [0.1, 0.15) is 5.75 Å². The van der Waals surface area contributed by atoms with Crippen LogP contribution in [0.3, 0.4) is 0 Å². The molecule has 1 atom stereocenters. The van der Waals surface area contributed by atoms with E-state index in [1.54, 1.807) is 43.0 Å². The Bertz CT molecular complexity index is 655. The van der Waals surface area contributed by atoms with Gasteiger partial charge in [-0.25, -0.2) is 4.79 Å². The zero-order valence-electron chi connectivity index (χ0n) is 15.5. The summed E-state index contributed by atoms with van der Waals surface area (Å²) >= 11 is 5.80. The lowest BCUT2D eigenvalue weighted by Crippen LogP contribution is -2.43. The number of amides is 1. The molecule has 1 heterocycles. The molecule has 0 bridgehead atoms. The molecule has 148 valence electrons. The molecule has 0 aliphatic carbocycles. The van der Waals surface area contributed by atoms with Gasteiger partial charge in [0.2, 0.25) is 0 Å². The third-order valence-corrected chi connectivity index (χ3v) is 4.52. The van der Waals surface area contributed by atoms with Crippen molar-refractivity contribution < 1.29 is 28.6 Å². The quantitative estimate of drug-likeness (QED) is 0.657. The summed E-state index contributed by atoms with van der Waals surface area (Å²) in [5, 5.41) is 0.565. The number of hydrogen-bond acceptors (Lipinski definition) is 6. The normalized spacial score (nSPS) is 15.7. The minimum Gasteiger partial charge on any atom is -0.479 e. The van der Waals surface area contributed by atoms with Gasteiger partial charge in [0.25, 0.3) is 5.91 Å². The van der Waals surface area contributed by atoms with E-state index in [4.69, 9.17) is 25.8 Å². The van der Waals surface area contributed by atoms with E-state index in [1.165, 1.54) is 0 Å². The lowest BCUT2D eigenvalue weighted by molar-refractivity contribution is -0.158. The van der Waals surface area contributed by atoms with E-state index in [1.807, 2.05) is 0 Å². The first-order valence-electron chi connectivity index (χ1n) is 8.94. The second kappa shape index (κ2) is 10.2. The largest absolute Gasteiger partial charge is 0.479 e. The average molecular weight is 398 g/mol. The number of ether oxygens (including phenoxy) is 3. The van der Waals surface area contributed by atoms with Crippen LogP contribution in [0.4, 0.5) is 0 Å². The van der Waals surface area contributed by atoms with E-state index in [-0.39, 0.29) is 24.4 Å². The highest BCUT2D eigenvalue weighted by Gasteiger charge is 2.29. The Hall–Kier alpha value is -2.28. The SMILES string of the molecule is CCOC(=O)C1CCN(C(=O)COC(=O)[C@H](C)Oc2ccc(Cl)cc2)CC1. The number of carbonyl (C=O) groups excluding carboxylic acids is 3. The Morgan fingerprint density at radius 2 is 1.78 bits per heavy atom. The first kappa shape index (κ1) is 21.0. The molecule has 0 unspecified atom stereocenters. The van der Waals surface area contributed by atoms with Crippen molar-refractivity contribution in [2.24, 2.45) is 5.92 Å². The Balaban J connectivity index is 1.72. The molecule has 1 aromatic carbocycles. The van der Waals surface area contributed by atoms with Gasteiger partial charge in [-0.2, -0.15) is 0 Å². The smallest absolute Gasteiger partial charge is 0.347 e. The summed E-state index contributed by atoms with van der Waals surface area (Å²) in [7, 11) is 0. The summed E-state index contributed by atoms with van der Waals surface area (Å²) in [5.41, 5.74) is 0. The highest BCUT2D eigenvalue weighted by Crippen LogP contribution is 2.19. The molecule has 0 N–H and O–H groups in total. The molecule has 1 aliphatic rings. The standard InChI is InChI=1S/C19H24ClNO6/c1-3-25-19(24)14-8-10-21(11-9-14)17(22)12-26-18(23)13(2)27-16-6-4-15(20)5-7-16/h4-7,13-14H,3,8-12H2,1-2H3/t13-/m0/s1. The zero-order valence-corrected chi connectivity index (χ0v) is 16.2. The molecule has 1 amide bonds. The predicted molar refractivity (Wildman–Crippen MR) is 98.4 cm³/mol. The van der Waals surface area contributed by atoms with Crippen molar-refractivity contribution in [2.45, 2.75) is 32.8 Å². The number of benzene rings is 1. The summed E-state index contributed by atoms with van der Waals surface area (Å²) in [6.45, 7) is 4.20. The first-order valence-corrected chi connectivity index (χ1v) is 9.31. The number of likely N-dealkylation sites (tertiary alicyclic amines) is 1. The van der Waals surface area contributed by atoms with Crippen molar-refractivity contribution in [3.63, 3.8) is 0 Å². The second-order valence-electron chi connectivity index (χ2n) is 6.23. The van der Waals surface area contributed by atoms with Crippen molar-refractivity contribution in [3.05, 3.63) is 29.3 Å². The van der Waals surface area contributed by atoms with Gasteiger partial charge in [-0.3, -0.25) is 9.59 Å². The minimum absolute atomic E-state index is 0.177. The van der Waals surface area contributed by atoms with Crippen LogP contribution in [0.25, 0.3) is 0 Å². The number of esters is 2. The molecule has 1 aromatic rings. The van der Waals surface area contributed by atoms with Gasteiger partial charge in [-0.05, 0) is 51.0 Å². The number of nitrogens with zero attached hydrogens (tertiary/aromatic N) is 1. The topological polar surface area (TPSA) is 82.1 Å². The van der Waals surface area contributed by atoms with Crippen LogP contribution in [-0.4, -0.2) is 55.2 Å². The highest BCUT2D eigenvalue weighted by atomic mass is 35.5. The number of piperidine rings is 1. The van der Waals surface area contributed by atoms with Gasteiger partial charge in [0.05, 0.1) is 12.5 Å². The molecular weight excluding hydrogens is 374 g/mol. The van der Waals surface area contributed by atoms with Gasteiger partial charge < -0.3 is 19.1 Å². The van der Waals surface area contributed by atoms with Crippen LogP contribution in [0.15, 0.2) is 24.3 Å². The minimum atomic E-state index is -0.853. The Morgan fingerprint density at radius 1 is 1.15 bits per heavy atom. The first-order chi connectivity index (χ1) is 12.9. The van der Waals surface area contributed by atoms with Gasteiger partial charge in [0, 0.05) is 18.1 Å². The van der Waals surface area contributed by atoms with E-state index in [2.05, 4.69) is 0 Å². The maximum absolute atomic E-state index is 12.2. The van der Waals surface area contributed by atoms with Crippen molar-refractivity contribution in [3.8, 4) is 5.75 Å². The summed E-state index contributed by atoms with van der Waals surface area (Å²) in [6.07, 6.45) is 0.247. The molecule has 2 rings (SSSR count). The van der Waals surface area contributed by atoms with E-state index in [0.29, 0.717) is 43.3 Å². The Labute approximate surface area is 163 Å². The second-order valence-corrected chi connectivity index (χ2v) is 6.67. The Kier molecular flexibility index (Phi) is 7.91. The molecular formula is C19H24ClNO6. The molecule has 27 heavy (non-hydrogen) atoms. The van der Waals surface area contributed by atoms with Crippen LogP contribution >= 0.6 is 11.6 Å². The zero-order chi connectivity index (χ0) is 19.8. The van der Waals surface area contributed by atoms with Crippen molar-refractivity contribution in [2.75, 3.05) is 26.3 Å².